The average molecular weight is 398 g/mol. The van der Waals surface area contributed by atoms with E-state index in [9.17, 15) is 13.2 Å². The third-order valence-electron chi connectivity index (χ3n) is 4.24. The van der Waals surface area contributed by atoms with Crippen LogP contribution in [0.2, 0.25) is 0 Å². The van der Waals surface area contributed by atoms with Crippen molar-refractivity contribution in [2.75, 3.05) is 0 Å². The van der Waals surface area contributed by atoms with Gasteiger partial charge in [-0.3, -0.25) is 4.79 Å². The lowest BCUT2D eigenvalue weighted by Gasteiger charge is -2.18. The normalized spacial score (nSPS) is 12.5. The molecule has 1 atom stereocenters. The Bertz CT molecular complexity index is 998. The van der Waals surface area contributed by atoms with Crippen LogP contribution in [-0.4, -0.2) is 20.4 Å². The molecule has 3 aromatic rings. The molecule has 0 unspecified atom stereocenters. The number of hydrogen-bond donors (Lipinski definition) is 2. The predicted molar refractivity (Wildman–Crippen MR) is 106 cm³/mol. The molecule has 0 aliphatic rings. The minimum Gasteiger partial charge on any atom is -0.467 e. The Hall–Kier alpha value is -2.90. The maximum atomic E-state index is 12.8. The maximum Gasteiger partial charge on any atom is 0.241 e. The predicted octanol–water partition coefficient (Wildman–Crippen LogP) is 2.79. The molecule has 6 nitrogen and oxygen atoms in total. The molecule has 0 fully saturated rings. The van der Waals surface area contributed by atoms with Gasteiger partial charge in [-0.15, -0.1) is 0 Å². The van der Waals surface area contributed by atoms with Crippen LogP contribution in [0.1, 0.15) is 16.9 Å². The Kier molecular flexibility index (Phi) is 6.28. The van der Waals surface area contributed by atoms with Crippen LogP contribution < -0.4 is 10.0 Å². The third-order valence-corrected chi connectivity index (χ3v) is 5.73. The van der Waals surface area contributed by atoms with Gasteiger partial charge in [0.15, 0.2) is 0 Å². The number of amides is 1. The number of furan rings is 1. The van der Waals surface area contributed by atoms with Crippen molar-refractivity contribution in [2.24, 2.45) is 0 Å². The smallest absolute Gasteiger partial charge is 0.241 e. The summed E-state index contributed by atoms with van der Waals surface area (Å²) in [6.07, 6.45) is 1.75. The van der Waals surface area contributed by atoms with Gasteiger partial charge in [0.1, 0.15) is 11.8 Å². The highest BCUT2D eigenvalue weighted by atomic mass is 32.2. The molecule has 1 aromatic heterocycles. The summed E-state index contributed by atoms with van der Waals surface area (Å²) in [7, 11) is -3.85. The number of benzene rings is 2. The molecule has 28 heavy (non-hydrogen) atoms. The first kappa shape index (κ1) is 19.9. The number of nitrogens with one attached hydrogen (secondary N) is 2. The average Bonchev–Trinajstić information content (AvgIpc) is 3.20. The summed E-state index contributed by atoms with van der Waals surface area (Å²) in [6.45, 7) is 2.06. The molecule has 2 N–H and O–H groups in total. The van der Waals surface area contributed by atoms with E-state index >= 15 is 0 Å². The van der Waals surface area contributed by atoms with Gasteiger partial charge in [0.2, 0.25) is 15.9 Å². The standard InChI is InChI=1S/C21H22N2O4S/c1-16-9-11-19(12-10-16)28(25,26)23-20(14-17-6-3-2-4-7-17)21(24)22-15-18-8-5-13-27-18/h2-13,20,23H,14-15H2,1H3,(H,22,24)/t20-/m0/s1. The van der Waals surface area contributed by atoms with Crippen molar-refractivity contribution in [1.82, 2.24) is 10.0 Å². The molecule has 0 bridgehead atoms. The van der Waals surface area contributed by atoms with Crippen molar-refractivity contribution >= 4 is 15.9 Å². The van der Waals surface area contributed by atoms with Crippen molar-refractivity contribution < 1.29 is 17.6 Å². The third kappa shape index (κ3) is 5.31. The van der Waals surface area contributed by atoms with Crippen molar-refractivity contribution in [3.05, 3.63) is 89.9 Å². The first-order chi connectivity index (χ1) is 13.4. The molecule has 0 spiro atoms. The van der Waals surface area contributed by atoms with Gasteiger partial charge in [-0.1, -0.05) is 48.0 Å². The fraction of sp³-hybridized carbons (Fsp3) is 0.190. The van der Waals surface area contributed by atoms with Gasteiger partial charge >= 0.3 is 0 Å². The van der Waals surface area contributed by atoms with E-state index in [1.54, 1.807) is 24.3 Å². The molecular formula is C21H22N2O4S. The summed E-state index contributed by atoms with van der Waals surface area (Å²) in [5, 5.41) is 2.73. The SMILES string of the molecule is Cc1ccc(S(=O)(=O)N[C@@H](Cc2ccccc2)C(=O)NCc2ccco2)cc1. The molecule has 7 heteroatoms. The Balaban J connectivity index is 1.78. The monoisotopic (exact) mass is 398 g/mol. The zero-order valence-corrected chi connectivity index (χ0v) is 16.3. The molecule has 0 aliphatic heterocycles. The number of carbonyl (C=O) groups is 1. The van der Waals surface area contributed by atoms with Gasteiger partial charge in [0.25, 0.3) is 0 Å². The molecule has 1 amide bonds. The fourth-order valence-electron chi connectivity index (χ4n) is 2.72. The van der Waals surface area contributed by atoms with Gasteiger partial charge in [0.05, 0.1) is 17.7 Å². The quantitative estimate of drug-likeness (QED) is 0.611. The summed E-state index contributed by atoms with van der Waals surface area (Å²) in [6, 6.07) is 18.3. The number of carbonyl (C=O) groups excluding carboxylic acids is 1. The second kappa shape index (κ2) is 8.86. The van der Waals surface area contributed by atoms with Crippen LogP contribution in [0.15, 0.2) is 82.3 Å². The minimum absolute atomic E-state index is 0.120. The summed E-state index contributed by atoms with van der Waals surface area (Å²) < 4.78 is 33.3. The Morgan fingerprint density at radius 3 is 2.36 bits per heavy atom. The summed E-state index contributed by atoms with van der Waals surface area (Å²) in [5.41, 5.74) is 1.81. The molecule has 0 saturated heterocycles. The summed E-state index contributed by atoms with van der Waals surface area (Å²) >= 11 is 0. The van der Waals surface area contributed by atoms with E-state index in [0.717, 1.165) is 11.1 Å². The van der Waals surface area contributed by atoms with E-state index in [0.29, 0.717) is 5.76 Å². The van der Waals surface area contributed by atoms with E-state index in [4.69, 9.17) is 4.42 Å². The highest BCUT2D eigenvalue weighted by Crippen LogP contribution is 2.13. The maximum absolute atomic E-state index is 12.8. The molecule has 0 radical (unpaired) electrons. The number of hydrogen-bond acceptors (Lipinski definition) is 4. The minimum atomic E-state index is -3.85. The van der Waals surface area contributed by atoms with Gasteiger partial charge in [0, 0.05) is 0 Å². The van der Waals surface area contributed by atoms with Crippen LogP contribution in [0.3, 0.4) is 0 Å². The van der Waals surface area contributed by atoms with Crippen LogP contribution >= 0.6 is 0 Å². The van der Waals surface area contributed by atoms with Crippen LogP contribution in [-0.2, 0) is 27.8 Å². The van der Waals surface area contributed by atoms with E-state index < -0.39 is 22.0 Å². The fourth-order valence-corrected chi connectivity index (χ4v) is 3.92. The lowest BCUT2D eigenvalue weighted by molar-refractivity contribution is -0.122. The lowest BCUT2D eigenvalue weighted by atomic mass is 10.1. The van der Waals surface area contributed by atoms with Crippen molar-refractivity contribution in [3.63, 3.8) is 0 Å². The largest absolute Gasteiger partial charge is 0.467 e. The van der Waals surface area contributed by atoms with Crippen LogP contribution in [0.5, 0.6) is 0 Å². The Morgan fingerprint density at radius 1 is 1.00 bits per heavy atom. The molecule has 146 valence electrons. The van der Waals surface area contributed by atoms with Crippen molar-refractivity contribution in [3.8, 4) is 0 Å². The molecule has 3 rings (SSSR count). The van der Waals surface area contributed by atoms with Gasteiger partial charge < -0.3 is 9.73 Å². The summed E-state index contributed by atoms with van der Waals surface area (Å²) in [4.78, 5) is 12.8. The highest BCUT2D eigenvalue weighted by Gasteiger charge is 2.26. The zero-order chi connectivity index (χ0) is 20.0. The Labute approximate surface area is 164 Å². The van der Waals surface area contributed by atoms with E-state index in [-0.39, 0.29) is 17.9 Å². The van der Waals surface area contributed by atoms with Crippen LogP contribution in [0.4, 0.5) is 0 Å². The van der Waals surface area contributed by atoms with Gasteiger partial charge in [-0.25, -0.2) is 8.42 Å². The van der Waals surface area contributed by atoms with Crippen LogP contribution in [0.25, 0.3) is 0 Å². The number of aryl methyl sites for hydroxylation is 1. The second-order valence-corrected chi connectivity index (χ2v) is 8.19. The zero-order valence-electron chi connectivity index (χ0n) is 15.5. The Morgan fingerprint density at radius 2 is 1.71 bits per heavy atom. The first-order valence-corrected chi connectivity index (χ1v) is 10.4. The molecule has 0 saturated carbocycles. The number of sulfonamides is 1. The van der Waals surface area contributed by atoms with Gasteiger partial charge in [-0.2, -0.15) is 4.72 Å². The van der Waals surface area contributed by atoms with Crippen LogP contribution in [0, 0.1) is 6.92 Å². The van der Waals surface area contributed by atoms with Crippen molar-refractivity contribution in [2.45, 2.75) is 30.8 Å². The number of rotatable bonds is 8. The molecule has 2 aromatic carbocycles. The molecule has 0 aliphatic carbocycles. The summed E-state index contributed by atoms with van der Waals surface area (Å²) in [5.74, 6) is 0.171. The van der Waals surface area contributed by atoms with Gasteiger partial charge in [-0.05, 0) is 43.2 Å². The highest BCUT2D eigenvalue weighted by molar-refractivity contribution is 7.89. The van der Waals surface area contributed by atoms with Crippen molar-refractivity contribution in [1.29, 1.82) is 0 Å². The first-order valence-electron chi connectivity index (χ1n) is 8.87. The molecule has 1 heterocycles. The topological polar surface area (TPSA) is 88.4 Å². The second-order valence-electron chi connectivity index (χ2n) is 6.47. The lowest BCUT2D eigenvalue weighted by Crippen LogP contribution is -2.47. The van der Waals surface area contributed by atoms with E-state index in [2.05, 4.69) is 10.0 Å². The molecular weight excluding hydrogens is 376 g/mol. The van der Waals surface area contributed by atoms with E-state index in [1.165, 1.54) is 18.4 Å². The van der Waals surface area contributed by atoms with E-state index in [1.807, 2.05) is 37.3 Å².